The molecule has 0 atom stereocenters. The van der Waals surface area contributed by atoms with E-state index < -0.39 is 0 Å². The molecule has 0 heterocycles. The number of para-hydroxylation sites is 2. The predicted molar refractivity (Wildman–Crippen MR) is 127 cm³/mol. The Morgan fingerprint density at radius 2 is 1.32 bits per heavy atom. The molecule has 2 rings (SSSR count). The molecule has 0 radical (unpaired) electrons. The summed E-state index contributed by atoms with van der Waals surface area (Å²) in [6, 6.07) is 10.4. The van der Waals surface area contributed by atoms with Gasteiger partial charge in [0.1, 0.15) is 11.5 Å². The molecule has 0 unspecified atom stereocenters. The molecule has 0 saturated heterocycles. The monoisotopic (exact) mass is 509 g/mol. The van der Waals surface area contributed by atoms with Crippen LogP contribution in [0.1, 0.15) is 31.4 Å². The minimum Gasteiger partial charge on any atom is -0.870 e. The first-order valence-electron chi connectivity index (χ1n) is 10.6. The quantitative estimate of drug-likeness (QED) is 0.110. The molecule has 0 saturated carbocycles. The van der Waals surface area contributed by atoms with E-state index in [4.69, 9.17) is 20.5 Å². The Kier molecular flexibility index (Phi) is 17.4. The Morgan fingerprint density at radius 1 is 0.853 bits per heavy atom. The van der Waals surface area contributed by atoms with E-state index in [0.29, 0.717) is 55.5 Å². The van der Waals surface area contributed by atoms with Gasteiger partial charge in [0.05, 0.1) is 19.8 Å². The second-order valence-corrected chi connectivity index (χ2v) is 6.48. The van der Waals surface area contributed by atoms with E-state index in [9.17, 15) is 10.2 Å². The number of aliphatic imine (C=N–C) groups is 2. The predicted octanol–water partition coefficient (Wildman–Crippen LogP) is 3.01. The molecule has 0 aromatic heterocycles. The van der Waals surface area contributed by atoms with E-state index in [1.165, 1.54) is 4.91 Å². The van der Waals surface area contributed by atoms with Gasteiger partial charge >= 0.3 is 17.1 Å². The summed E-state index contributed by atoms with van der Waals surface area (Å²) in [5.41, 5.74) is 14.6. The Labute approximate surface area is 210 Å². The molecule has 0 amide bonds. The van der Waals surface area contributed by atoms with Gasteiger partial charge in [-0.2, -0.15) is 0 Å². The van der Waals surface area contributed by atoms with Crippen molar-refractivity contribution in [3.8, 4) is 23.0 Å². The van der Waals surface area contributed by atoms with Crippen LogP contribution in [-0.2, 0) is 17.1 Å². The molecular formula is C23H29FeN6O4+. The van der Waals surface area contributed by atoms with Crippen molar-refractivity contribution in [3.05, 3.63) is 63.5 Å². The molecule has 0 bridgehead atoms. The second-order valence-electron chi connectivity index (χ2n) is 6.48. The Morgan fingerprint density at radius 3 is 1.79 bits per heavy atom. The Hall–Kier alpha value is -3.23. The fourth-order valence-electron chi connectivity index (χ4n) is 2.70. The van der Waals surface area contributed by atoms with Crippen molar-refractivity contribution in [3.63, 3.8) is 0 Å². The maximum atomic E-state index is 12.1. The van der Waals surface area contributed by atoms with Gasteiger partial charge in [-0.1, -0.05) is 35.8 Å². The largest absolute Gasteiger partial charge is 4.00 e. The Balaban J connectivity index is 0.00000258. The van der Waals surface area contributed by atoms with E-state index >= 15 is 0 Å². The van der Waals surface area contributed by atoms with Gasteiger partial charge in [0.15, 0.2) is 0 Å². The van der Waals surface area contributed by atoms with Gasteiger partial charge in [-0.15, -0.1) is 0 Å². The van der Waals surface area contributed by atoms with E-state index in [2.05, 4.69) is 15.3 Å². The van der Waals surface area contributed by atoms with Crippen molar-refractivity contribution in [2.45, 2.75) is 20.3 Å². The molecule has 34 heavy (non-hydrogen) atoms. The van der Waals surface area contributed by atoms with Gasteiger partial charge in [0.25, 0.3) is 0 Å². The smallest absolute Gasteiger partial charge is 0.870 e. The molecule has 2 aromatic rings. The van der Waals surface area contributed by atoms with Gasteiger partial charge in [0.2, 0.25) is 0 Å². The van der Waals surface area contributed by atoms with Crippen LogP contribution >= 0.6 is 0 Å². The summed E-state index contributed by atoms with van der Waals surface area (Å²) in [5, 5.41) is 27.5. The molecule has 0 aliphatic carbocycles. The summed E-state index contributed by atoms with van der Waals surface area (Å²) in [5.74, 6) is 0.445. The van der Waals surface area contributed by atoms with Crippen molar-refractivity contribution in [1.82, 2.24) is 5.32 Å². The SMILES string of the molecule is CCOc1cccc(C=NCCCNCCN=Cc2cccc(OCC)c2[O-])c1[O-].[Fe+4].[N-]=[N+]=[N-]. The van der Waals surface area contributed by atoms with Gasteiger partial charge in [0, 0.05) is 25.5 Å². The van der Waals surface area contributed by atoms with Crippen LogP contribution in [-0.4, -0.2) is 51.8 Å². The first-order valence-corrected chi connectivity index (χ1v) is 10.6. The van der Waals surface area contributed by atoms with Crippen LogP contribution in [0.4, 0.5) is 0 Å². The summed E-state index contributed by atoms with van der Waals surface area (Å²) < 4.78 is 10.6. The van der Waals surface area contributed by atoms with Crippen LogP contribution in [0.5, 0.6) is 23.0 Å². The van der Waals surface area contributed by atoms with Gasteiger partial charge in [-0.25, -0.2) is 0 Å². The Bertz CT molecular complexity index is 864. The summed E-state index contributed by atoms with van der Waals surface area (Å²) in [7, 11) is 0. The van der Waals surface area contributed by atoms with Gasteiger partial charge in [-0.05, 0) is 50.1 Å². The fourth-order valence-corrected chi connectivity index (χ4v) is 2.70. The number of benzene rings is 2. The molecule has 0 spiro atoms. The van der Waals surface area contributed by atoms with E-state index in [1.54, 1.807) is 48.8 Å². The molecule has 0 fully saturated rings. The van der Waals surface area contributed by atoms with E-state index in [0.717, 1.165) is 13.0 Å². The van der Waals surface area contributed by atoms with Gasteiger partial charge in [-0.3, -0.25) is 14.9 Å². The summed E-state index contributed by atoms with van der Waals surface area (Å²) in [6.45, 7) is 7.32. The first-order chi connectivity index (χ1) is 16.1. The molecule has 11 heteroatoms. The molecule has 1 N–H and O–H groups in total. The van der Waals surface area contributed by atoms with Crippen molar-refractivity contribution in [2.75, 3.05) is 39.4 Å². The number of ether oxygens (including phenoxy) is 2. The number of nitrogens with one attached hydrogen (secondary N) is 1. The average molecular weight is 509 g/mol. The number of hydrogen-bond donors (Lipinski definition) is 1. The summed E-state index contributed by atoms with van der Waals surface area (Å²) in [6.07, 6.45) is 4.04. The van der Waals surface area contributed by atoms with Gasteiger partial charge < -0.3 is 36.1 Å². The van der Waals surface area contributed by atoms with Crippen molar-refractivity contribution >= 4 is 12.4 Å². The van der Waals surface area contributed by atoms with Crippen LogP contribution in [0, 0.1) is 0 Å². The zero-order valence-corrected chi connectivity index (χ0v) is 20.4. The molecule has 0 aliphatic heterocycles. The molecule has 182 valence electrons. The van der Waals surface area contributed by atoms with E-state index in [1.807, 2.05) is 13.8 Å². The van der Waals surface area contributed by atoms with Crippen LogP contribution in [0.3, 0.4) is 0 Å². The zero-order chi connectivity index (χ0) is 24.3. The van der Waals surface area contributed by atoms with Crippen LogP contribution in [0.25, 0.3) is 16.0 Å². The second kappa shape index (κ2) is 19.3. The molecule has 2 aromatic carbocycles. The van der Waals surface area contributed by atoms with Crippen molar-refractivity contribution < 1.29 is 36.8 Å². The average Bonchev–Trinajstić information content (AvgIpc) is 2.80. The molecule has 0 aliphatic rings. The number of nitrogens with zero attached hydrogens (tertiary/aromatic N) is 5. The molecule has 10 nitrogen and oxygen atoms in total. The summed E-state index contributed by atoms with van der Waals surface area (Å²) >= 11 is 0. The minimum atomic E-state index is -0.137. The van der Waals surface area contributed by atoms with Crippen molar-refractivity contribution in [2.24, 2.45) is 9.98 Å². The van der Waals surface area contributed by atoms with Crippen LogP contribution in [0.15, 0.2) is 46.4 Å². The first kappa shape index (κ1) is 30.8. The van der Waals surface area contributed by atoms with Crippen LogP contribution < -0.4 is 25.0 Å². The third-order valence-corrected chi connectivity index (χ3v) is 4.14. The van der Waals surface area contributed by atoms with Crippen molar-refractivity contribution in [1.29, 1.82) is 0 Å². The third-order valence-electron chi connectivity index (χ3n) is 4.14. The third kappa shape index (κ3) is 11.6. The fraction of sp³-hybridized carbons (Fsp3) is 0.391. The summed E-state index contributed by atoms with van der Waals surface area (Å²) in [4.78, 5) is 10.1. The molecular weight excluding hydrogens is 480 g/mol. The maximum Gasteiger partial charge on any atom is 4.00 e. The topological polar surface area (TPSA) is 160 Å². The minimum absolute atomic E-state index is 0. The van der Waals surface area contributed by atoms with Crippen LogP contribution in [0.2, 0.25) is 0 Å². The maximum absolute atomic E-state index is 12.1. The number of rotatable bonds is 13. The zero-order valence-electron chi connectivity index (χ0n) is 19.3. The normalized spacial score (nSPS) is 10.3. The standard InChI is InChI=1S/C23H31N3O4.Fe.N3/c1-3-29-20-10-5-8-18(22(20)27)16-25-13-7-12-24-14-15-26-17-19-9-6-11-21(23(19)28)30-4-2;;1-3-2/h5-6,8-11,16-17,24,27-28H,3-4,7,12-15H2,1-2H3;;/q;+4;-1/p-2. The van der Waals surface area contributed by atoms with E-state index in [-0.39, 0.29) is 28.6 Å². The number of hydrogen-bond acceptors (Lipinski definition) is 7.